The number of thioether (sulfide) groups is 2. The molecule has 0 saturated carbocycles. The summed E-state index contributed by atoms with van der Waals surface area (Å²) >= 11 is 6.68. The Hall–Kier alpha value is -4.11. The zero-order valence-corrected chi connectivity index (χ0v) is 32.6. The highest BCUT2D eigenvalue weighted by Crippen LogP contribution is 2.51. The maximum Gasteiger partial charge on any atom is 0.207 e. The molecule has 8 aromatic rings. The molecule has 0 atom stereocenters. The van der Waals surface area contributed by atoms with E-state index in [2.05, 4.69) is 97.4 Å². The largest absolute Gasteiger partial charge is 0.218 e. The first-order valence-electron chi connectivity index (χ1n) is 16.6. The van der Waals surface area contributed by atoms with Crippen LogP contribution in [0, 0.1) is 13.8 Å². The van der Waals surface area contributed by atoms with Crippen molar-refractivity contribution in [2.45, 2.75) is 32.1 Å². The van der Waals surface area contributed by atoms with E-state index in [1.807, 2.05) is 62.4 Å². The molecule has 7 heteroatoms. The summed E-state index contributed by atoms with van der Waals surface area (Å²) in [6, 6.07) is 45.7. The monoisotopic (exact) mass is 754 g/mol. The Bertz CT molecular complexity index is 2470. The molecule has 0 aliphatic carbocycles. The van der Waals surface area contributed by atoms with Crippen LogP contribution in [0.3, 0.4) is 0 Å². The third-order valence-electron chi connectivity index (χ3n) is 9.25. The van der Waals surface area contributed by atoms with Crippen molar-refractivity contribution in [2.24, 2.45) is 0 Å². The quantitative estimate of drug-likeness (QED) is 0.145. The molecular weight excluding hydrogens is 721 g/mol. The van der Waals surface area contributed by atoms with Gasteiger partial charge in [0.1, 0.15) is 0 Å². The molecular formula is C44H34O2S5. The molecule has 0 unspecified atom stereocenters. The van der Waals surface area contributed by atoms with E-state index in [0.29, 0.717) is 9.79 Å². The van der Waals surface area contributed by atoms with Crippen molar-refractivity contribution in [2.75, 3.05) is 12.5 Å². The predicted octanol–water partition coefficient (Wildman–Crippen LogP) is 13.7. The zero-order chi connectivity index (χ0) is 35.3. The lowest BCUT2D eigenvalue weighted by Gasteiger charge is -2.14. The van der Waals surface area contributed by atoms with E-state index in [4.69, 9.17) is 0 Å². The number of hydrogen-bond donors (Lipinski definition) is 0. The van der Waals surface area contributed by atoms with Gasteiger partial charge in [0.25, 0.3) is 0 Å². The van der Waals surface area contributed by atoms with Gasteiger partial charge in [0.15, 0.2) is 0 Å². The molecule has 252 valence electrons. The van der Waals surface area contributed by atoms with Crippen LogP contribution in [0.25, 0.3) is 64.7 Å². The molecule has 2 nitrogen and oxygen atoms in total. The molecule has 0 saturated heterocycles. The lowest BCUT2D eigenvalue weighted by Crippen LogP contribution is -2.05. The minimum atomic E-state index is -4.00. The first kappa shape index (κ1) is 34.0. The number of hydrogen-bond acceptors (Lipinski definition) is 6. The molecule has 51 heavy (non-hydrogen) atoms. The molecule has 0 N–H and O–H groups in total. The van der Waals surface area contributed by atoms with Gasteiger partial charge < -0.3 is 0 Å². The Morgan fingerprint density at radius 1 is 0.451 bits per heavy atom. The smallest absolute Gasteiger partial charge is 0.207 e. The van der Waals surface area contributed by atoms with E-state index in [1.54, 1.807) is 46.2 Å². The van der Waals surface area contributed by atoms with Crippen LogP contribution >= 0.6 is 46.2 Å². The maximum absolute atomic E-state index is 15.4. The minimum absolute atomic E-state index is 0.366. The standard InChI is InChI=1S/C44H34O2S5/c1-27-23-35-41(39(43(47-3)49-35)33-19-15-31(16-20-33)29-11-7-5-8-12-29)37(25-27)51(45,46)38-26-28(2)24-36-42(38)40(44(48-4)50-36)34-21-17-32(18-22-34)30-13-9-6-10-14-30/h5-26H,1-4H3. The highest BCUT2D eigenvalue weighted by Gasteiger charge is 2.30. The van der Waals surface area contributed by atoms with Crippen LogP contribution < -0.4 is 0 Å². The molecule has 0 amide bonds. The molecule has 8 rings (SSSR count). The number of thiophene rings is 2. The van der Waals surface area contributed by atoms with Crippen molar-refractivity contribution in [3.63, 3.8) is 0 Å². The van der Waals surface area contributed by atoms with Crippen LogP contribution in [0.5, 0.6) is 0 Å². The molecule has 0 bridgehead atoms. The van der Waals surface area contributed by atoms with Crippen LogP contribution in [-0.2, 0) is 9.84 Å². The van der Waals surface area contributed by atoms with Gasteiger partial charge in [0.2, 0.25) is 9.84 Å². The number of benzene rings is 6. The van der Waals surface area contributed by atoms with E-state index in [0.717, 1.165) is 84.2 Å². The van der Waals surface area contributed by atoms with E-state index in [-0.39, 0.29) is 0 Å². The Morgan fingerprint density at radius 3 is 1.14 bits per heavy atom. The Kier molecular flexibility index (Phi) is 9.19. The molecule has 2 heterocycles. The van der Waals surface area contributed by atoms with Gasteiger partial charge in [-0.05, 0) is 95.1 Å². The van der Waals surface area contributed by atoms with Gasteiger partial charge in [-0.3, -0.25) is 0 Å². The third kappa shape index (κ3) is 6.15. The Labute approximate surface area is 316 Å². The van der Waals surface area contributed by atoms with E-state index in [9.17, 15) is 0 Å². The molecule has 0 aliphatic rings. The SMILES string of the molecule is CSc1sc2cc(C)cc(S(=O)(=O)c3cc(C)cc4sc(SC)c(-c5ccc(-c6ccccc6)cc5)c34)c2c1-c1ccc(-c2ccccc2)cc1. The molecule has 6 aromatic carbocycles. The summed E-state index contributed by atoms with van der Waals surface area (Å²) in [7, 11) is -4.00. The average Bonchev–Trinajstić information content (AvgIpc) is 3.73. The fraction of sp³-hybridized carbons (Fsp3) is 0.0909. The zero-order valence-electron chi connectivity index (χ0n) is 28.6. The summed E-state index contributed by atoms with van der Waals surface area (Å²) < 4.78 is 35.0. The topological polar surface area (TPSA) is 34.1 Å². The summed E-state index contributed by atoms with van der Waals surface area (Å²) in [6.07, 6.45) is 4.14. The fourth-order valence-electron chi connectivity index (χ4n) is 6.88. The fourth-order valence-corrected chi connectivity index (χ4v) is 13.1. The molecule has 2 aromatic heterocycles. The highest BCUT2D eigenvalue weighted by atomic mass is 32.2. The van der Waals surface area contributed by atoms with Crippen LogP contribution in [-0.4, -0.2) is 20.9 Å². The number of sulfone groups is 1. The van der Waals surface area contributed by atoms with Crippen LogP contribution in [0.4, 0.5) is 0 Å². The second kappa shape index (κ2) is 13.8. The number of rotatable bonds is 8. The first-order chi connectivity index (χ1) is 24.8. The third-order valence-corrected chi connectivity index (χ3v) is 15.6. The molecule has 0 fully saturated rings. The van der Waals surface area contributed by atoms with Crippen LogP contribution in [0.1, 0.15) is 11.1 Å². The second-order valence-electron chi connectivity index (χ2n) is 12.6. The van der Waals surface area contributed by atoms with Gasteiger partial charge in [0, 0.05) is 31.3 Å². The van der Waals surface area contributed by atoms with Crippen molar-refractivity contribution < 1.29 is 8.42 Å². The van der Waals surface area contributed by atoms with Crippen molar-refractivity contribution >= 4 is 76.2 Å². The molecule has 0 spiro atoms. The lowest BCUT2D eigenvalue weighted by molar-refractivity contribution is 0.597. The minimum Gasteiger partial charge on any atom is -0.218 e. The van der Waals surface area contributed by atoms with Crippen molar-refractivity contribution in [3.05, 3.63) is 145 Å². The average molecular weight is 755 g/mol. The second-order valence-corrected chi connectivity index (χ2v) is 18.7. The van der Waals surface area contributed by atoms with Crippen LogP contribution in [0.2, 0.25) is 0 Å². The lowest BCUT2D eigenvalue weighted by atomic mass is 9.99. The summed E-state index contributed by atoms with van der Waals surface area (Å²) in [5, 5.41) is 1.59. The summed E-state index contributed by atoms with van der Waals surface area (Å²) in [6.45, 7) is 3.99. The molecule has 0 radical (unpaired) electrons. The van der Waals surface area contributed by atoms with Gasteiger partial charge in [-0.15, -0.1) is 46.2 Å². The van der Waals surface area contributed by atoms with E-state index < -0.39 is 9.84 Å². The molecule has 0 aliphatic heterocycles. The van der Waals surface area contributed by atoms with Crippen LogP contribution in [0.15, 0.2) is 152 Å². The first-order valence-corrected chi connectivity index (χ1v) is 22.1. The van der Waals surface area contributed by atoms with Crippen molar-refractivity contribution in [3.8, 4) is 44.5 Å². The predicted molar refractivity (Wildman–Crippen MR) is 224 cm³/mol. The number of fused-ring (bicyclic) bond motifs is 2. The highest BCUT2D eigenvalue weighted by molar-refractivity contribution is 8.01. The van der Waals surface area contributed by atoms with Gasteiger partial charge >= 0.3 is 0 Å². The number of aryl methyl sites for hydroxylation is 2. The van der Waals surface area contributed by atoms with Gasteiger partial charge in [-0.2, -0.15) is 0 Å². The van der Waals surface area contributed by atoms with Gasteiger partial charge in [0.05, 0.1) is 18.2 Å². The Morgan fingerprint density at radius 2 is 0.784 bits per heavy atom. The van der Waals surface area contributed by atoms with Crippen molar-refractivity contribution in [1.82, 2.24) is 0 Å². The normalized spacial score (nSPS) is 11.8. The van der Waals surface area contributed by atoms with E-state index >= 15 is 8.42 Å². The summed E-state index contributed by atoms with van der Waals surface area (Å²) in [5.41, 5.74) is 10.4. The van der Waals surface area contributed by atoms with E-state index in [1.165, 1.54) is 0 Å². The maximum atomic E-state index is 15.4. The van der Waals surface area contributed by atoms with Gasteiger partial charge in [-0.25, -0.2) is 8.42 Å². The summed E-state index contributed by atoms with van der Waals surface area (Å²) in [4.78, 5) is 0.732. The summed E-state index contributed by atoms with van der Waals surface area (Å²) in [5.74, 6) is 0. The van der Waals surface area contributed by atoms with Gasteiger partial charge in [-0.1, -0.05) is 109 Å². The Balaban J connectivity index is 1.34. The van der Waals surface area contributed by atoms with Crippen molar-refractivity contribution in [1.29, 1.82) is 0 Å².